The lowest BCUT2D eigenvalue weighted by molar-refractivity contribution is -0.137. The molecule has 1 aromatic carbocycles. The van der Waals surface area contributed by atoms with Crippen LogP contribution in [0.15, 0.2) is 24.3 Å². The Balaban J connectivity index is 1.29. The number of amides is 1. The number of alkyl halides is 3. The number of nitrogens with zero attached hydrogens (tertiary/aromatic N) is 4. The number of benzene rings is 1. The Kier molecular flexibility index (Phi) is 5.24. The second kappa shape index (κ2) is 7.67. The molecule has 1 aliphatic heterocycles. The molecule has 1 N–H and O–H groups in total. The van der Waals surface area contributed by atoms with Crippen LogP contribution in [0.3, 0.4) is 0 Å². The molecule has 2 fully saturated rings. The van der Waals surface area contributed by atoms with Crippen molar-refractivity contribution in [1.29, 1.82) is 0 Å². The molecule has 0 spiro atoms. The number of hydrogen-bond donors (Lipinski definition) is 1. The van der Waals surface area contributed by atoms with E-state index in [1.807, 2.05) is 4.90 Å². The number of aromatic nitrogens is 2. The van der Waals surface area contributed by atoms with Crippen LogP contribution in [0.2, 0.25) is 0 Å². The van der Waals surface area contributed by atoms with Gasteiger partial charge in [-0.3, -0.25) is 9.69 Å². The Morgan fingerprint density at radius 3 is 2.57 bits per heavy atom. The van der Waals surface area contributed by atoms with Crippen molar-refractivity contribution >= 4 is 28.3 Å². The normalized spacial score (nSPS) is 18.3. The van der Waals surface area contributed by atoms with Gasteiger partial charge in [0.25, 0.3) is 0 Å². The molecule has 1 aliphatic carbocycles. The number of halogens is 3. The van der Waals surface area contributed by atoms with E-state index in [2.05, 4.69) is 19.6 Å². The number of rotatable bonds is 5. The van der Waals surface area contributed by atoms with E-state index < -0.39 is 17.6 Å². The standard InChI is InChI=1S/C18H20F3N5OS/c19-18(20,21)13-3-1-2-4-14(13)22-15(27)11-25-7-9-26(10-8-25)17-23-16(24-28-17)12-5-6-12/h1-4,12H,5-11H2,(H,22,27). The lowest BCUT2D eigenvalue weighted by Gasteiger charge is -2.33. The summed E-state index contributed by atoms with van der Waals surface area (Å²) in [5, 5.41) is 3.30. The summed E-state index contributed by atoms with van der Waals surface area (Å²) in [5.74, 6) is 1.01. The lowest BCUT2D eigenvalue weighted by atomic mass is 10.1. The van der Waals surface area contributed by atoms with E-state index in [1.165, 1.54) is 29.7 Å². The highest BCUT2D eigenvalue weighted by molar-refractivity contribution is 7.09. The van der Waals surface area contributed by atoms with Crippen LogP contribution < -0.4 is 10.2 Å². The fourth-order valence-corrected chi connectivity index (χ4v) is 3.99. The summed E-state index contributed by atoms with van der Waals surface area (Å²) in [6.45, 7) is 2.78. The first-order valence-electron chi connectivity index (χ1n) is 9.17. The smallest absolute Gasteiger partial charge is 0.344 e. The third-order valence-electron chi connectivity index (χ3n) is 4.89. The molecule has 1 saturated heterocycles. The Morgan fingerprint density at radius 2 is 1.89 bits per heavy atom. The first-order valence-corrected chi connectivity index (χ1v) is 9.94. The van der Waals surface area contributed by atoms with Gasteiger partial charge in [-0.15, -0.1) is 0 Å². The molecule has 6 nitrogen and oxygen atoms in total. The second-order valence-electron chi connectivity index (χ2n) is 7.06. The SMILES string of the molecule is O=C(CN1CCN(c2nc(C3CC3)ns2)CC1)Nc1ccccc1C(F)(F)F. The summed E-state index contributed by atoms with van der Waals surface area (Å²) in [6, 6.07) is 5.01. The molecule has 10 heteroatoms. The third kappa shape index (κ3) is 4.44. The molecular formula is C18H20F3N5OS. The van der Waals surface area contributed by atoms with E-state index in [-0.39, 0.29) is 12.2 Å². The van der Waals surface area contributed by atoms with E-state index in [1.54, 1.807) is 0 Å². The summed E-state index contributed by atoms with van der Waals surface area (Å²) >= 11 is 1.41. The van der Waals surface area contributed by atoms with Crippen molar-refractivity contribution in [1.82, 2.24) is 14.3 Å². The molecule has 28 heavy (non-hydrogen) atoms. The molecule has 1 amide bonds. The van der Waals surface area contributed by atoms with Crippen molar-refractivity contribution in [2.24, 2.45) is 0 Å². The van der Waals surface area contributed by atoms with Gasteiger partial charge in [0.15, 0.2) is 0 Å². The summed E-state index contributed by atoms with van der Waals surface area (Å²) in [4.78, 5) is 20.9. The molecule has 150 valence electrons. The number of anilines is 2. The maximum Gasteiger partial charge on any atom is 0.418 e. The van der Waals surface area contributed by atoms with Crippen LogP contribution >= 0.6 is 11.5 Å². The van der Waals surface area contributed by atoms with Gasteiger partial charge in [0.2, 0.25) is 11.0 Å². The zero-order valence-corrected chi connectivity index (χ0v) is 15.9. The monoisotopic (exact) mass is 411 g/mol. The minimum Gasteiger partial charge on any atom is -0.344 e. The quantitative estimate of drug-likeness (QED) is 0.819. The molecule has 2 aliphatic rings. The highest BCUT2D eigenvalue weighted by Gasteiger charge is 2.34. The maximum absolute atomic E-state index is 13.0. The predicted octanol–water partition coefficient (Wildman–Crippen LogP) is 3.20. The van der Waals surface area contributed by atoms with E-state index in [4.69, 9.17) is 0 Å². The average molecular weight is 411 g/mol. The highest BCUT2D eigenvalue weighted by atomic mass is 32.1. The molecular weight excluding hydrogens is 391 g/mol. The summed E-state index contributed by atoms with van der Waals surface area (Å²) < 4.78 is 43.5. The zero-order chi connectivity index (χ0) is 19.7. The largest absolute Gasteiger partial charge is 0.418 e. The molecule has 1 aromatic heterocycles. The van der Waals surface area contributed by atoms with Crippen molar-refractivity contribution in [2.75, 3.05) is 42.9 Å². The minimum absolute atomic E-state index is 0.0590. The maximum atomic E-state index is 13.0. The van der Waals surface area contributed by atoms with Gasteiger partial charge in [0.05, 0.1) is 17.8 Å². The molecule has 0 atom stereocenters. The first-order chi connectivity index (χ1) is 13.4. The van der Waals surface area contributed by atoms with Crippen LogP contribution in [-0.4, -0.2) is 52.9 Å². The second-order valence-corrected chi connectivity index (χ2v) is 7.79. The van der Waals surface area contributed by atoms with E-state index in [9.17, 15) is 18.0 Å². The molecule has 0 bridgehead atoms. The Labute approximate surface area is 164 Å². The first kappa shape index (κ1) is 19.1. The summed E-state index contributed by atoms with van der Waals surface area (Å²) in [6.07, 6.45) is -2.18. The number of hydrogen-bond acceptors (Lipinski definition) is 6. The predicted molar refractivity (Wildman–Crippen MR) is 101 cm³/mol. The van der Waals surface area contributed by atoms with Crippen LogP contribution in [0.4, 0.5) is 24.0 Å². The third-order valence-corrected chi connectivity index (χ3v) is 5.68. The number of carbonyl (C=O) groups excluding carboxylic acids is 1. The highest BCUT2D eigenvalue weighted by Crippen LogP contribution is 2.39. The van der Waals surface area contributed by atoms with Crippen molar-refractivity contribution in [3.05, 3.63) is 35.7 Å². The number of para-hydroxylation sites is 1. The van der Waals surface area contributed by atoms with Gasteiger partial charge in [-0.25, -0.2) is 4.98 Å². The molecule has 0 unspecified atom stereocenters. The summed E-state index contributed by atoms with van der Waals surface area (Å²) in [7, 11) is 0. The van der Waals surface area contributed by atoms with Crippen LogP contribution in [0.5, 0.6) is 0 Å². The molecule has 4 rings (SSSR count). The van der Waals surface area contributed by atoms with Gasteiger partial charge in [0, 0.05) is 43.6 Å². The van der Waals surface area contributed by atoms with Crippen LogP contribution in [-0.2, 0) is 11.0 Å². The van der Waals surface area contributed by atoms with Crippen LogP contribution in [0.25, 0.3) is 0 Å². The van der Waals surface area contributed by atoms with Gasteiger partial charge in [-0.1, -0.05) is 12.1 Å². The molecule has 2 aromatic rings. The van der Waals surface area contributed by atoms with Gasteiger partial charge in [-0.2, -0.15) is 17.5 Å². The van der Waals surface area contributed by atoms with Gasteiger partial charge in [-0.05, 0) is 25.0 Å². The molecule has 0 radical (unpaired) electrons. The lowest BCUT2D eigenvalue weighted by Crippen LogP contribution is -2.48. The Bertz CT molecular complexity index is 844. The Hall–Kier alpha value is -2.20. The van der Waals surface area contributed by atoms with E-state index in [0.717, 1.165) is 29.9 Å². The van der Waals surface area contributed by atoms with Crippen molar-refractivity contribution in [2.45, 2.75) is 24.9 Å². The van der Waals surface area contributed by atoms with E-state index in [0.29, 0.717) is 32.1 Å². The van der Waals surface area contributed by atoms with Crippen molar-refractivity contribution in [3.8, 4) is 0 Å². The summed E-state index contributed by atoms with van der Waals surface area (Å²) in [5.41, 5.74) is -1.05. The Morgan fingerprint density at radius 1 is 1.18 bits per heavy atom. The molecule has 1 saturated carbocycles. The van der Waals surface area contributed by atoms with Crippen molar-refractivity contribution < 1.29 is 18.0 Å². The van der Waals surface area contributed by atoms with Crippen LogP contribution in [0.1, 0.15) is 30.1 Å². The zero-order valence-electron chi connectivity index (χ0n) is 15.1. The van der Waals surface area contributed by atoms with E-state index >= 15 is 0 Å². The number of carbonyl (C=O) groups is 1. The van der Waals surface area contributed by atoms with Gasteiger partial charge < -0.3 is 10.2 Å². The minimum atomic E-state index is -4.50. The van der Waals surface area contributed by atoms with Gasteiger partial charge >= 0.3 is 6.18 Å². The van der Waals surface area contributed by atoms with Crippen molar-refractivity contribution in [3.63, 3.8) is 0 Å². The topological polar surface area (TPSA) is 61.4 Å². The average Bonchev–Trinajstić information content (AvgIpc) is 3.39. The van der Waals surface area contributed by atoms with Crippen LogP contribution in [0, 0.1) is 0 Å². The number of piperazine rings is 1. The van der Waals surface area contributed by atoms with Gasteiger partial charge in [0.1, 0.15) is 5.82 Å². The fourth-order valence-electron chi connectivity index (χ4n) is 3.19. The molecule has 2 heterocycles. The number of nitrogens with one attached hydrogen (secondary N) is 1. The fraction of sp³-hybridized carbons (Fsp3) is 0.500.